The Labute approximate surface area is 129 Å². The molecule has 0 aliphatic carbocycles. The Bertz CT molecular complexity index is 499. The molecule has 0 spiro atoms. The summed E-state index contributed by atoms with van der Waals surface area (Å²) >= 11 is 6.06. The Kier molecular flexibility index (Phi) is 5.96. The summed E-state index contributed by atoms with van der Waals surface area (Å²) in [5.74, 6) is -0.420. The molecule has 1 aromatic carbocycles. The van der Waals surface area contributed by atoms with Crippen LogP contribution in [-0.4, -0.2) is 43.7 Å². The number of benzene rings is 1. The highest BCUT2D eigenvalue weighted by Crippen LogP contribution is 2.21. The van der Waals surface area contributed by atoms with Gasteiger partial charge in [-0.15, -0.1) is 0 Å². The molecule has 0 bridgehead atoms. The third-order valence-electron chi connectivity index (χ3n) is 3.56. The number of methoxy groups -OCH3 is 1. The van der Waals surface area contributed by atoms with Crippen molar-refractivity contribution in [2.45, 2.75) is 25.4 Å². The van der Waals surface area contributed by atoms with Gasteiger partial charge in [-0.2, -0.15) is 0 Å². The van der Waals surface area contributed by atoms with Crippen LogP contribution in [0.25, 0.3) is 0 Å². The number of likely N-dealkylation sites (tertiary alicyclic amines) is 1. The molecule has 1 aliphatic rings. The molecule has 2 rings (SSSR count). The summed E-state index contributed by atoms with van der Waals surface area (Å²) in [6.07, 6.45) is 1.97. The maximum atomic E-state index is 13.0. The van der Waals surface area contributed by atoms with Gasteiger partial charge in [0.15, 0.2) is 0 Å². The van der Waals surface area contributed by atoms with Crippen molar-refractivity contribution in [2.24, 2.45) is 0 Å². The molecule has 1 fully saturated rings. The van der Waals surface area contributed by atoms with Crippen LogP contribution in [0, 0.1) is 5.82 Å². The van der Waals surface area contributed by atoms with Crippen LogP contribution in [-0.2, 0) is 16.1 Å². The molecule has 1 atom stereocenters. The molecule has 0 unspecified atom stereocenters. The molecule has 1 heterocycles. The first-order chi connectivity index (χ1) is 10.1. The van der Waals surface area contributed by atoms with Crippen molar-refractivity contribution in [1.82, 2.24) is 10.2 Å². The Hall–Kier alpha value is -1.17. The van der Waals surface area contributed by atoms with E-state index < -0.39 is 0 Å². The quantitative estimate of drug-likeness (QED) is 0.906. The zero-order chi connectivity index (χ0) is 15.2. The van der Waals surface area contributed by atoms with Gasteiger partial charge < -0.3 is 10.1 Å². The number of nitrogens with one attached hydrogen (secondary N) is 1. The van der Waals surface area contributed by atoms with Crippen molar-refractivity contribution in [1.29, 1.82) is 0 Å². The van der Waals surface area contributed by atoms with Gasteiger partial charge in [0.25, 0.3) is 0 Å². The van der Waals surface area contributed by atoms with Crippen LogP contribution >= 0.6 is 11.6 Å². The summed E-state index contributed by atoms with van der Waals surface area (Å²) in [6.45, 7) is 2.46. The zero-order valence-electron chi connectivity index (χ0n) is 12.1. The Morgan fingerprint density at radius 3 is 3.10 bits per heavy atom. The van der Waals surface area contributed by atoms with Crippen molar-refractivity contribution in [2.75, 3.05) is 26.8 Å². The first-order valence-corrected chi connectivity index (χ1v) is 7.41. The van der Waals surface area contributed by atoms with Gasteiger partial charge in [-0.25, -0.2) is 4.39 Å². The first-order valence-electron chi connectivity index (χ1n) is 7.03. The maximum absolute atomic E-state index is 13.0. The second-order valence-electron chi connectivity index (χ2n) is 5.31. The van der Waals surface area contributed by atoms with Gasteiger partial charge >= 0.3 is 0 Å². The highest BCUT2D eigenvalue weighted by molar-refractivity contribution is 6.31. The fourth-order valence-electron chi connectivity index (χ4n) is 2.61. The smallest absolute Gasteiger partial charge is 0.246 e. The molecule has 0 saturated carbocycles. The summed E-state index contributed by atoms with van der Waals surface area (Å²) < 4.78 is 17.9. The Morgan fingerprint density at radius 1 is 1.57 bits per heavy atom. The molecule has 1 amide bonds. The first kappa shape index (κ1) is 16.2. The largest absolute Gasteiger partial charge is 0.375 e. The van der Waals surface area contributed by atoms with Crippen molar-refractivity contribution in [3.63, 3.8) is 0 Å². The number of piperidine rings is 1. The van der Waals surface area contributed by atoms with Crippen LogP contribution in [0.15, 0.2) is 18.2 Å². The molecule has 1 aliphatic heterocycles. The number of carbonyl (C=O) groups is 1. The molecule has 4 nitrogen and oxygen atoms in total. The number of rotatable bonds is 5. The fourth-order valence-corrected chi connectivity index (χ4v) is 2.84. The summed E-state index contributed by atoms with van der Waals surface area (Å²) in [7, 11) is 1.50. The SMILES string of the molecule is COCC(=O)N[C@H]1CCCN(Cc2ccc(F)cc2Cl)C1. The van der Waals surface area contributed by atoms with Gasteiger partial charge in [-0.05, 0) is 37.1 Å². The van der Waals surface area contributed by atoms with Gasteiger partial charge in [0, 0.05) is 31.3 Å². The van der Waals surface area contributed by atoms with Crippen molar-refractivity contribution in [3.05, 3.63) is 34.6 Å². The molecule has 1 saturated heterocycles. The second kappa shape index (κ2) is 7.73. The van der Waals surface area contributed by atoms with Gasteiger partial charge in [-0.3, -0.25) is 9.69 Å². The van der Waals surface area contributed by atoms with Crippen LogP contribution < -0.4 is 5.32 Å². The highest BCUT2D eigenvalue weighted by atomic mass is 35.5. The van der Waals surface area contributed by atoms with Gasteiger partial charge in [0.2, 0.25) is 5.91 Å². The van der Waals surface area contributed by atoms with E-state index in [1.807, 2.05) is 0 Å². The average molecular weight is 315 g/mol. The number of nitrogens with zero attached hydrogens (tertiary/aromatic N) is 1. The lowest BCUT2D eigenvalue weighted by Gasteiger charge is -2.33. The minimum absolute atomic E-state index is 0.0836. The van der Waals surface area contributed by atoms with E-state index in [2.05, 4.69) is 10.2 Å². The Morgan fingerprint density at radius 2 is 2.38 bits per heavy atom. The molecular weight excluding hydrogens is 295 g/mol. The van der Waals surface area contributed by atoms with Gasteiger partial charge in [0.05, 0.1) is 0 Å². The van der Waals surface area contributed by atoms with Crippen LogP contribution in [0.4, 0.5) is 4.39 Å². The maximum Gasteiger partial charge on any atom is 0.246 e. The highest BCUT2D eigenvalue weighted by Gasteiger charge is 2.21. The van der Waals surface area contributed by atoms with E-state index in [1.165, 1.54) is 19.2 Å². The molecule has 1 aromatic rings. The molecule has 6 heteroatoms. The number of halogens is 2. The van der Waals surface area contributed by atoms with E-state index in [-0.39, 0.29) is 24.4 Å². The lowest BCUT2D eigenvalue weighted by Crippen LogP contribution is -2.48. The van der Waals surface area contributed by atoms with Crippen LogP contribution in [0.1, 0.15) is 18.4 Å². The average Bonchev–Trinajstić information content (AvgIpc) is 2.42. The van der Waals surface area contributed by atoms with Crippen LogP contribution in [0.3, 0.4) is 0 Å². The van der Waals surface area contributed by atoms with Gasteiger partial charge in [0.1, 0.15) is 12.4 Å². The van der Waals surface area contributed by atoms with Crippen molar-refractivity contribution in [3.8, 4) is 0 Å². The predicted octanol–water partition coefficient (Wildman–Crippen LogP) is 2.21. The topological polar surface area (TPSA) is 41.6 Å². The third-order valence-corrected chi connectivity index (χ3v) is 3.91. The molecule has 21 heavy (non-hydrogen) atoms. The molecular formula is C15H20ClFN2O2. The van der Waals surface area contributed by atoms with E-state index >= 15 is 0 Å². The number of hydrogen-bond donors (Lipinski definition) is 1. The van der Waals surface area contributed by atoms with E-state index in [0.717, 1.165) is 31.5 Å². The third kappa shape index (κ3) is 4.95. The summed E-state index contributed by atoms with van der Waals surface area (Å²) in [6, 6.07) is 4.59. The summed E-state index contributed by atoms with van der Waals surface area (Å²) in [5.41, 5.74) is 0.905. The lowest BCUT2D eigenvalue weighted by atomic mass is 10.0. The molecule has 0 aromatic heterocycles. The molecule has 1 N–H and O–H groups in total. The lowest BCUT2D eigenvalue weighted by molar-refractivity contribution is -0.125. The Balaban J connectivity index is 1.90. The number of hydrogen-bond acceptors (Lipinski definition) is 3. The normalized spacial score (nSPS) is 19.5. The van der Waals surface area contributed by atoms with E-state index in [9.17, 15) is 9.18 Å². The van der Waals surface area contributed by atoms with E-state index in [0.29, 0.717) is 11.6 Å². The number of amides is 1. The van der Waals surface area contributed by atoms with E-state index in [1.54, 1.807) is 6.07 Å². The predicted molar refractivity (Wildman–Crippen MR) is 79.7 cm³/mol. The summed E-state index contributed by atoms with van der Waals surface area (Å²) in [4.78, 5) is 13.8. The zero-order valence-corrected chi connectivity index (χ0v) is 12.8. The van der Waals surface area contributed by atoms with E-state index in [4.69, 9.17) is 16.3 Å². The minimum atomic E-state index is -0.327. The van der Waals surface area contributed by atoms with Crippen LogP contribution in [0.5, 0.6) is 0 Å². The molecule has 0 radical (unpaired) electrons. The summed E-state index contributed by atoms with van der Waals surface area (Å²) in [5, 5.41) is 3.41. The number of ether oxygens (including phenoxy) is 1. The minimum Gasteiger partial charge on any atom is -0.375 e. The van der Waals surface area contributed by atoms with Crippen LogP contribution in [0.2, 0.25) is 5.02 Å². The molecule has 116 valence electrons. The number of carbonyl (C=O) groups excluding carboxylic acids is 1. The van der Waals surface area contributed by atoms with Crippen molar-refractivity contribution >= 4 is 17.5 Å². The monoisotopic (exact) mass is 314 g/mol. The van der Waals surface area contributed by atoms with Gasteiger partial charge in [-0.1, -0.05) is 17.7 Å². The second-order valence-corrected chi connectivity index (χ2v) is 5.72. The fraction of sp³-hybridized carbons (Fsp3) is 0.533. The van der Waals surface area contributed by atoms with Crippen molar-refractivity contribution < 1.29 is 13.9 Å². The standard InChI is InChI=1S/C15H20ClFN2O2/c1-21-10-15(20)18-13-3-2-6-19(9-13)8-11-4-5-12(17)7-14(11)16/h4-5,7,13H,2-3,6,8-10H2,1H3,(H,18,20)/t13-/m0/s1.